The second kappa shape index (κ2) is 10.4. The molecule has 10 aromatic rings. The van der Waals surface area contributed by atoms with E-state index >= 15 is 0 Å². The van der Waals surface area contributed by atoms with Gasteiger partial charge >= 0.3 is 0 Å². The van der Waals surface area contributed by atoms with Gasteiger partial charge in [0.2, 0.25) is 0 Å². The van der Waals surface area contributed by atoms with Crippen LogP contribution in [0.5, 0.6) is 0 Å². The SMILES string of the molecule is c1ccc2c(c1)-c1cc3sc4cc(-c5ccc6c7ccccc7n(-c7ccc8sc9ccccc9c8c7)c6c5)ccc4c3cc1C21CCCCC1. The van der Waals surface area contributed by atoms with Gasteiger partial charge in [-0.3, -0.25) is 0 Å². The summed E-state index contributed by atoms with van der Waals surface area (Å²) < 4.78 is 7.91. The molecule has 12 rings (SSSR count). The van der Waals surface area contributed by atoms with Crippen molar-refractivity contribution in [2.24, 2.45) is 0 Å². The fraction of sp³-hybridized carbons (Fsp3) is 0.125. The van der Waals surface area contributed by atoms with Crippen molar-refractivity contribution in [3.05, 3.63) is 151 Å². The molecule has 3 heteroatoms. The van der Waals surface area contributed by atoms with Crippen LogP contribution in [0.2, 0.25) is 0 Å². The Kier molecular flexibility index (Phi) is 5.81. The zero-order valence-electron chi connectivity index (χ0n) is 28.1. The molecule has 7 aromatic carbocycles. The summed E-state index contributed by atoms with van der Waals surface area (Å²) in [5, 5.41) is 8.05. The third-order valence-electron chi connectivity index (χ3n) is 12.2. The van der Waals surface area contributed by atoms with E-state index in [1.54, 1.807) is 11.1 Å². The Hall–Kier alpha value is -5.22. The number of fused-ring (bicyclic) bond motifs is 14. The van der Waals surface area contributed by atoms with E-state index in [9.17, 15) is 0 Å². The largest absolute Gasteiger partial charge is 0.309 e. The molecule has 3 aromatic heterocycles. The highest BCUT2D eigenvalue weighted by molar-refractivity contribution is 7.26. The van der Waals surface area contributed by atoms with Gasteiger partial charge in [-0.25, -0.2) is 0 Å². The molecule has 1 nitrogen and oxygen atoms in total. The van der Waals surface area contributed by atoms with Crippen LogP contribution in [-0.2, 0) is 5.41 Å². The molecule has 1 fully saturated rings. The molecular weight excluding hydrogens is 655 g/mol. The summed E-state index contributed by atoms with van der Waals surface area (Å²) in [7, 11) is 0. The second-order valence-corrected chi connectivity index (χ2v) is 16.9. The highest BCUT2D eigenvalue weighted by atomic mass is 32.1. The first-order valence-electron chi connectivity index (χ1n) is 18.3. The van der Waals surface area contributed by atoms with Crippen molar-refractivity contribution in [3.8, 4) is 27.9 Å². The summed E-state index contributed by atoms with van der Waals surface area (Å²) in [4.78, 5) is 0. The van der Waals surface area contributed by atoms with Gasteiger partial charge in [0.25, 0.3) is 0 Å². The number of benzene rings is 7. The topological polar surface area (TPSA) is 4.93 Å². The van der Waals surface area contributed by atoms with E-state index in [0.717, 1.165) is 0 Å². The lowest BCUT2D eigenvalue weighted by Crippen LogP contribution is -2.27. The minimum Gasteiger partial charge on any atom is -0.309 e. The number of hydrogen-bond acceptors (Lipinski definition) is 2. The Morgan fingerprint density at radius 2 is 1.08 bits per heavy atom. The molecule has 0 amide bonds. The fourth-order valence-corrected chi connectivity index (χ4v) is 12.1. The Balaban J connectivity index is 1.03. The zero-order chi connectivity index (χ0) is 33.3. The smallest absolute Gasteiger partial charge is 0.0547 e. The van der Waals surface area contributed by atoms with E-state index in [1.165, 1.54) is 122 Å². The predicted molar refractivity (Wildman–Crippen MR) is 221 cm³/mol. The van der Waals surface area contributed by atoms with E-state index in [-0.39, 0.29) is 5.41 Å². The molecule has 0 aliphatic heterocycles. The van der Waals surface area contributed by atoms with Crippen molar-refractivity contribution in [1.82, 2.24) is 4.57 Å². The lowest BCUT2D eigenvalue weighted by molar-refractivity contribution is 0.353. The lowest BCUT2D eigenvalue weighted by atomic mass is 9.68. The van der Waals surface area contributed by atoms with Crippen LogP contribution in [0.25, 0.3) is 90.1 Å². The standard InChI is InChI=1S/C48H33NS2/c1-8-22-48(23-9-1)40-13-5-2-10-32(40)37-28-47-39(27-41(37)48)36-20-17-30(25-46(36)51-47)29-16-19-34-33-11-3-6-14-42(33)49(43(34)24-29)31-18-21-45-38(26-31)35-12-4-7-15-44(35)50-45/h2-7,10-21,24-28H,1,8-9,22-23H2. The maximum atomic E-state index is 2.59. The van der Waals surface area contributed by atoms with Crippen LogP contribution in [0, 0.1) is 0 Å². The molecule has 0 radical (unpaired) electrons. The predicted octanol–water partition coefficient (Wildman–Crippen LogP) is 14.4. The molecular formula is C48H33NS2. The van der Waals surface area contributed by atoms with E-state index in [4.69, 9.17) is 0 Å². The maximum absolute atomic E-state index is 2.59. The number of nitrogens with zero attached hydrogens (tertiary/aromatic N) is 1. The summed E-state index contributed by atoms with van der Waals surface area (Å²) in [5.41, 5.74) is 12.5. The van der Waals surface area contributed by atoms with Crippen molar-refractivity contribution < 1.29 is 0 Å². The monoisotopic (exact) mass is 687 g/mol. The van der Waals surface area contributed by atoms with Crippen molar-refractivity contribution in [2.75, 3.05) is 0 Å². The minimum absolute atomic E-state index is 0.182. The second-order valence-electron chi connectivity index (χ2n) is 14.8. The Morgan fingerprint density at radius 1 is 0.412 bits per heavy atom. The molecule has 2 aliphatic rings. The summed E-state index contributed by atoms with van der Waals surface area (Å²) in [6.45, 7) is 0. The van der Waals surface area contributed by atoms with E-state index in [0.29, 0.717) is 0 Å². The van der Waals surface area contributed by atoms with Crippen LogP contribution < -0.4 is 0 Å². The van der Waals surface area contributed by atoms with Crippen molar-refractivity contribution in [2.45, 2.75) is 37.5 Å². The zero-order valence-corrected chi connectivity index (χ0v) is 29.7. The molecule has 2 aliphatic carbocycles. The molecule has 1 spiro atoms. The van der Waals surface area contributed by atoms with Crippen molar-refractivity contribution in [3.63, 3.8) is 0 Å². The van der Waals surface area contributed by atoms with Gasteiger partial charge in [-0.1, -0.05) is 104 Å². The fourth-order valence-electron chi connectivity index (χ4n) is 9.88. The number of thiophene rings is 2. The highest BCUT2D eigenvalue weighted by Crippen LogP contribution is 2.57. The summed E-state index contributed by atoms with van der Waals surface area (Å²) in [6, 6.07) is 53.3. The van der Waals surface area contributed by atoms with Gasteiger partial charge in [-0.15, -0.1) is 22.7 Å². The summed E-state index contributed by atoms with van der Waals surface area (Å²) >= 11 is 3.83. The van der Waals surface area contributed by atoms with Gasteiger partial charge in [0.15, 0.2) is 0 Å². The number of rotatable bonds is 2. The van der Waals surface area contributed by atoms with Crippen molar-refractivity contribution in [1.29, 1.82) is 0 Å². The highest BCUT2D eigenvalue weighted by Gasteiger charge is 2.43. The Bertz CT molecular complexity index is 3070. The summed E-state index contributed by atoms with van der Waals surface area (Å²) in [6.07, 6.45) is 6.54. The molecule has 3 heterocycles. The Morgan fingerprint density at radius 3 is 2.00 bits per heavy atom. The third-order valence-corrected chi connectivity index (χ3v) is 14.5. The first-order chi connectivity index (χ1) is 25.2. The summed E-state index contributed by atoms with van der Waals surface area (Å²) in [5.74, 6) is 0. The minimum atomic E-state index is 0.182. The van der Waals surface area contributed by atoms with Crippen LogP contribution in [0.3, 0.4) is 0 Å². The molecule has 1 saturated carbocycles. The third kappa shape index (κ3) is 3.91. The first-order valence-corrected chi connectivity index (χ1v) is 19.9. The lowest BCUT2D eigenvalue weighted by Gasteiger charge is -2.36. The van der Waals surface area contributed by atoms with Crippen LogP contribution in [0.15, 0.2) is 140 Å². The Labute approximate surface area is 304 Å². The molecule has 0 unspecified atom stereocenters. The van der Waals surface area contributed by atoms with Gasteiger partial charge in [-0.2, -0.15) is 0 Å². The van der Waals surface area contributed by atoms with Crippen molar-refractivity contribution >= 4 is 84.8 Å². The van der Waals surface area contributed by atoms with Crippen LogP contribution in [0.4, 0.5) is 0 Å². The van der Waals surface area contributed by atoms with Crippen LogP contribution in [-0.4, -0.2) is 4.57 Å². The average molecular weight is 688 g/mol. The van der Waals surface area contributed by atoms with Crippen LogP contribution in [0.1, 0.15) is 43.2 Å². The number of para-hydroxylation sites is 1. The molecule has 51 heavy (non-hydrogen) atoms. The first kappa shape index (κ1) is 28.5. The quantitative estimate of drug-likeness (QED) is 0.170. The van der Waals surface area contributed by atoms with Gasteiger partial charge < -0.3 is 4.57 Å². The van der Waals surface area contributed by atoms with E-state index in [2.05, 4.69) is 144 Å². The molecule has 0 atom stereocenters. The average Bonchev–Trinajstić information content (AvgIpc) is 3.91. The normalized spacial score (nSPS) is 15.2. The van der Waals surface area contributed by atoms with Gasteiger partial charge in [0, 0.05) is 62.2 Å². The van der Waals surface area contributed by atoms with E-state index < -0.39 is 0 Å². The van der Waals surface area contributed by atoms with E-state index in [1.807, 2.05) is 22.7 Å². The molecule has 0 N–H and O–H groups in total. The molecule has 0 bridgehead atoms. The number of aromatic nitrogens is 1. The van der Waals surface area contributed by atoms with Gasteiger partial charge in [-0.05, 0) is 101 Å². The van der Waals surface area contributed by atoms with Gasteiger partial charge in [0.05, 0.1) is 11.0 Å². The van der Waals surface area contributed by atoms with Gasteiger partial charge in [0.1, 0.15) is 0 Å². The molecule has 0 saturated heterocycles. The number of hydrogen-bond donors (Lipinski definition) is 0. The van der Waals surface area contributed by atoms with Crippen LogP contribution >= 0.6 is 22.7 Å². The maximum Gasteiger partial charge on any atom is 0.0547 e. The molecule has 242 valence electrons.